The number of likely N-dealkylation sites (N-methyl/N-ethyl adjacent to an activating group) is 1. The first-order valence-electron chi connectivity index (χ1n) is 8.75. The van der Waals surface area contributed by atoms with Crippen LogP contribution < -0.4 is 4.74 Å². The first-order valence-corrected chi connectivity index (χ1v) is 10.2. The van der Waals surface area contributed by atoms with Crippen molar-refractivity contribution in [2.45, 2.75) is 18.2 Å². The van der Waals surface area contributed by atoms with Crippen LogP contribution in [0.25, 0.3) is 0 Å². The summed E-state index contributed by atoms with van der Waals surface area (Å²) >= 11 is 0. The van der Waals surface area contributed by atoms with Crippen LogP contribution >= 0.6 is 0 Å². The Bertz CT molecular complexity index is 880. The number of sulfonamides is 1. The normalized spacial score (nSPS) is 11.4. The molecule has 146 valence electrons. The SMILES string of the molecule is CCN(CCc1ccccc1)C(=O)c1ccc(OC)c(S(=O)(=O)N(C)C)c1. The molecule has 27 heavy (non-hydrogen) atoms. The van der Waals surface area contributed by atoms with Crippen LogP contribution in [0, 0.1) is 0 Å². The lowest BCUT2D eigenvalue weighted by molar-refractivity contribution is 0.0766. The zero-order valence-electron chi connectivity index (χ0n) is 16.2. The Morgan fingerprint density at radius 3 is 2.30 bits per heavy atom. The van der Waals surface area contributed by atoms with Gasteiger partial charge in [0.25, 0.3) is 5.91 Å². The van der Waals surface area contributed by atoms with Crippen LogP contribution in [0.1, 0.15) is 22.8 Å². The van der Waals surface area contributed by atoms with E-state index in [1.807, 2.05) is 37.3 Å². The second-order valence-corrected chi connectivity index (χ2v) is 8.39. The average molecular weight is 391 g/mol. The number of methoxy groups -OCH3 is 1. The highest BCUT2D eigenvalue weighted by Crippen LogP contribution is 2.27. The molecule has 0 atom stereocenters. The molecule has 0 bridgehead atoms. The van der Waals surface area contributed by atoms with Gasteiger partial charge in [-0.05, 0) is 37.1 Å². The van der Waals surface area contributed by atoms with Crippen LogP contribution in [0.5, 0.6) is 5.75 Å². The van der Waals surface area contributed by atoms with E-state index in [9.17, 15) is 13.2 Å². The van der Waals surface area contributed by atoms with Crippen molar-refractivity contribution >= 4 is 15.9 Å². The van der Waals surface area contributed by atoms with Crippen LogP contribution in [-0.4, -0.2) is 57.8 Å². The van der Waals surface area contributed by atoms with E-state index < -0.39 is 10.0 Å². The van der Waals surface area contributed by atoms with E-state index >= 15 is 0 Å². The first-order chi connectivity index (χ1) is 12.8. The number of rotatable bonds is 8. The van der Waals surface area contributed by atoms with Gasteiger partial charge >= 0.3 is 0 Å². The molecule has 0 aliphatic carbocycles. The van der Waals surface area contributed by atoms with Crippen LogP contribution in [0.3, 0.4) is 0 Å². The third kappa shape index (κ3) is 4.87. The van der Waals surface area contributed by atoms with Crippen molar-refractivity contribution in [2.24, 2.45) is 0 Å². The maximum atomic E-state index is 12.9. The molecule has 0 aliphatic rings. The summed E-state index contributed by atoms with van der Waals surface area (Å²) < 4.78 is 31.4. The van der Waals surface area contributed by atoms with Crippen molar-refractivity contribution < 1.29 is 17.9 Å². The second kappa shape index (κ2) is 9.01. The molecule has 0 saturated carbocycles. The summed E-state index contributed by atoms with van der Waals surface area (Å²) in [6.45, 7) is 3.00. The molecule has 0 fully saturated rings. The molecule has 2 rings (SSSR count). The number of hydrogen-bond donors (Lipinski definition) is 0. The first kappa shape index (κ1) is 20.9. The minimum absolute atomic E-state index is 0.0139. The molecule has 0 spiro atoms. The monoisotopic (exact) mass is 390 g/mol. The van der Waals surface area contributed by atoms with Gasteiger partial charge < -0.3 is 9.64 Å². The van der Waals surface area contributed by atoms with Crippen molar-refractivity contribution in [3.63, 3.8) is 0 Å². The summed E-state index contributed by atoms with van der Waals surface area (Å²) in [5.74, 6) is 0.0128. The summed E-state index contributed by atoms with van der Waals surface area (Å²) in [7, 11) is 0.573. The van der Waals surface area contributed by atoms with E-state index in [1.54, 1.807) is 11.0 Å². The fourth-order valence-electron chi connectivity index (χ4n) is 2.70. The molecule has 0 heterocycles. The Morgan fingerprint density at radius 1 is 1.07 bits per heavy atom. The number of carbonyl (C=O) groups excluding carboxylic acids is 1. The molecule has 6 nitrogen and oxygen atoms in total. The lowest BCUT2D eigenvalue weighted by atomic mass is 10.1. The Balaban J connectivity index is 2.28. The van der Waals surface area contributed by atoms with E-state index in [4.69, 9.17) is 4.74 Å². The average Bonchev–Trinajstić information content (AvgIpc) is 2.68. The predicted molar refractivity (Wildman–Crippen MR) is 106 cm³/mol. The quantitative estimate of drug-likeness (QED) is 0.695. The molecule has 2 aromatic rings. The highest BCUT2D eigenvalue weighted by molar-refractivity contribution is 7.89. The van der Waals surface area contributed by atoms with Crippen molar-refractivity contribution in [3.8, 4) is 5.75 Å². The standard InChI is InChI=1S/C20H26N2O4S/c1-5-22(14-13-16-9-7-6-8-10-16)20(23)17-11-12-18(26-4)19(15-17)27(24,25)21(2)3/h6-12,15H,5,13-14H2,1-4H3. The fraction of sp³-hybridized carbons (Fsp3) is 0.350. The molecule has 0 radical (unpaired) electrons. The molecule has 2 aromatic carbocycles. The summed E-state index contributed by atoms with van der Waals surface area (Å²) in [5.41, 5.74) is 1.47. The largest absolute Gasteiger partial charge is 0.495 e. The number of benzene rings is 2. The summed E-state index contributed by atoms with van der Waals surface area (Å²) in [4.78, 5) is 14.6. The number of ether oxygens (including phenoxy) is 1. The highest BCUT2D eigenvalue weighted by Gasteiger charge is 2.25. The van der Waals surface area contributed by atoms with E-state index in [0.29, 0.717) is 18.7 Å². The van der Waals surface area contributed by atoms with E-state index in [0.717, 1.165) is 16.3 Å². The van der Waals surface area contributed by atoms with Crippen molar-refractivity contribution in [1.29, 1.82) is 0 Å². The van der Waals surface area contributed by atoms with Gasteiger partial charge in [-0.2, -0.15) is 0 Å². The van der Waals surface area contributed by atoms with Gasteiger partial charge in [0.15, 0.2) is 0 Å². The van der Waals surface area contributed by atoms with Crippen molar-refractivity contribution in [3.05, 3.63) is 59.7 Å². The third-order valence-corrected chi connectivity index (χ3v) is 6.19. The molecule has 0 unspecified atom stereocenters. The predicted octanol–water partition coefficient (Wildman–Crippen LogP) is 2.65. The zero-order chi connectivity index (χ0) is 20.0. The molecular formula is C20H26N2O4S. The molecule has 0 saturated heterocycles. The van der Waals surface area contributed by atoms with Gasteiger partial charge in [0.1, 0.15) is 10.6 Å². The van der Waals surface area contributed by atoms with Gasteiger partial charge in [-0.15, -0.1) is 0 Å². The lowest BCUT2D eigenvalue weighted by Crippen LogP contribution is -2.33. The maximum absolute atomic E-state index is 12.9. The zero-order valence-corrected chi connectivity index (χ0v) is 17.0. The lowest BCUT2D eigenvalue weighted by Gasteiger charge is -2.22. The second-order valence-electron chi connectivity index (χ2n) is 6.27. The minimum atomic E-state index is -3.73. The van der Waals surface area contributed by atoms with Gasteiger partial charge in [-0.3, -0.25) is 4.79 Å². The number of hydrogen-bond acceptors (Lipinski definition) is 4. The number of nitrogens with zero attached hydrogens (tertiary/aromatic N) is 2. The minimum Gasteiger partial charge on any atom is -0.495 e. The molecular weight excluding hydrogens is 364 g/mol. The van der Waals surface area contributed by atoms with E-state index in [2.05, 4.69) is 0 Å². The number of amides is 1. The molecule has 1 amide bonds. The molecule has 7 heteroatoms. The summed E-state index contributed by atoms with van der Waals surface area (Å²) in [6, 6.07) is 14.4. The topological polar surface area (TPSA) is 66.9 Å². The fourth-order valence-corrected chi connectivity index (χ4v) is 3.78. The highest BCUT2D eigenvalue weighted by atomic mass is 32.2. The van der Waals surface area contributed by atoms with Crippen LogP contribution in [-0.2, 0) is 16.4 Å². The van der Waals surface area contributed by atoms with Crippen LogP contribution in [0.4, 0.5) is 0 Å². The van der Waals surface area contributed by atoms with Crippen molar-refractivity contribution in [2.75, 3.05) is 34.3 Å². The maximum Gasteiger partial charge on any atom is 0.253 e. The summed E-state index contributed by atoms with van der Waals surface area (Å²) in [6.07, 6.45) is 0.736. The number of carbonyl (C=O) groups is 1. The van der Waals surface area contributed by atoms with Crippen LogP contribution in [0.2, 0.25) is 0 Å². The Morgan fingerprint density at radius 2 is 1.74 bits per heavy atom. The van der Waals surface area contributed by atoms with E-state index in [-0.39, 0.29) is 16.6 Å². The van der Waals surface area contributed by atoms with Gasteiger partial charge in [0.2, 0.25) is 10.0 Å². The molecule has 0 N–H and O–H groups in total. The smallest absolute Gasteiger partial charge is 0.253 e. The van der Waals surface area contributed by atoms with Gasteiger partial charge in [-0.1, -0.05) is 30.3 Å². The summed E-state index contributed by atoms with van der Waals surface area (Å²) in [5, 5.41) is 0. The molecule has 0 aromatic heterocycles. The molecule has 0 aliphatic heterocycles. The van der Waals surface area contributed by atoms with Gasteiger partial charge in [0, 0.05) is 32.7 Å². The van der Waals surface area contributed by atoms with Gasteiger partial charge in [0.05, 0.1) is 7.11 Å². The Labute approximate surface area is 161 Å². The van der Waals surface area contributed by atoms with E-state index in [1.165, 1.54) is 33.3 Å². The Kier molecular flexibility index (Phi) is 6.98. The third-order valence-electron chi connectivity index (χ3n) is 4.35. The van der Waals surface area contributed by atoms with Crippen molar-refractivity contribution in [1.82, 2.24) is 9.21 Å². The Hall–Kier alpha value is -2.38. The van der Waals surface area contributed by atoms with Crippen LogP contribution in [0.15, 0.2) is 53.4 Å². The van der Waals surface area contributed by atoms with Gasteiger partial charge in [-0.25, -0.2) is 12.7 Å².